The third-order valence-corrected chi connectivity index (χ3v) is 4.02. The molecule has 0 amide bonds. The first-order valence-electron chi connectivity index (χ1n) is 6.29. The van der Waals surface area contributed by atoms with Crippen LogP contribution in [0.2, 0.25) is 0 Å². The van der Waals surface area contributed by atoms with Gasteiger partial charge in [-0.2, -0.15) is 0 Å². The van der Waals surface area contributed by atoms with E-state index in [1.54, 1.807) is 11.8 Å². The summed E-state index contributed by atoms with van der Waals surface area (Å²) in [5.41, 5.74) is 9.54. The predicted molar refractivity (Wildman–Crippen MR) is 82.9 cm³/mol. The molecular formula is C15H12N4S. The lowest BCUT2D eigenvalue weighted by atomic mass is 10.3. The Morgan fingerprint density at radius 1 is 0.950 bits per heavy atom. The number of hydrogen-bond acceptors (Lipinski definition) is 3. The van der Waals surface area contributed by atoms with Crippen molar-refractivity contribution in [2.45, 2.75) is 10.2 Å². The topological polar surface area (TPSA) is 70.5 Å². The van der Waals surface area contributed by atoms with Gasteiger partial charge in [0.2, 0.25) is 0 Å². The lowest BCUT2D eigenvalue weighted by Gasteiger charge is -1.91. The number of hydrogen-bond donors (Lipinski definition) is 3. The second kappa shape index (κ2) is 4.31. The molecule has 5 heteroatoms. The Morgan fingerprint density at radius 2 is 1.85 bits per heavy atom. The van der Waals surface area contributed by atoms with Gasteiger partial charge in [0.15, 0.2) is 5.16 Å². The average molecular weight is 280 g/mol. The molecule has 4 rings (SSSR count). The first-order valence-corrected chi connectivity index (χ1v) is 7.10. The van der Waals surface area contributed by atoms with Crippen LogP contribution in [-0.4, -0.2) is 15.0 Å². The zero-order valence-corrected chi connectivity index (χ0v) is 11.4. The van der Waals surface area contributed by atoms with Crippen LogP contribution in [0.3, 0.4) is 0 Å². The van der Waals surface area contributed by atoms with Crippen molar-refractivity contribution in [1.29, 1.82) is 0 Å². The molecule has 20 heavy (non-hydrogen) atoms. The molecule has 4 aromatic rings. The van der Waals surface area contributed by atoms with Gasteiger partial charge >= 0.3 is 0 Å². The van der Waals surface area contributed by atoms with Crippen LogP contribution >= 0.6 is 11.8 Å². The smallest absolute Gasteiger partial charge is 0.172 e. The molecule has 0 saturated carbocycles. The number of rotatable bonds is 2. The van der Waals surface area contributed by atoms with E-state index in [0.29, 0.717) is 0 Å². The molecule has 0 radical (unpaired) electrons. The molecule has 0 aliphatic rings. The Kier molecular flexibility index (Phi) is 2.47. The summed E-state index contributed by atoms with van der Waals surface area (Å²) in [5.74, 6) is 0. The Bertz CT molecular complexity index is 873. The van der Waals surface area contributed by atoms with Crippen molar-refractivity contribution < 1.29 is 0 Å². The van der Waals surface area contributed by atoms with Crippen LogP contribution in [-0.2, 0) is 0 Å². The molecule has 0 bridgehead atoms. The van der Waals surface area contributed by atoms with E-state index >= 15 is 0 Å². The number of benzene rings is 2. The molecule has 4 N–H and O–H groups in total. The van der Waals surface area contributed by atoms with Crippen molar-refractivity contribution in [3.8, 4) is 0 Å². The highest BCUT2D eigenvalue weighted by Crippen LogP contribution is 2.29. The van der Waals surface area contributed by atoms with Crippen LogP contribution in [0.25, 0.3) is 21.9 Å². The molecule has 2 aromatic heterocycles. The standard InChI is InChI=1S/C15H12N4S/c16-10-5-6-12-13(8-10)19-15(18-12)20-14-7-9-3-1-2-4-11(9)17-14/h1-8,17H,16H2,(H,18,19). The summed E-state index contributed by atoms with van der Waals surface area (Å²) >= 11 is 1.58. The van der Waals surface area contributed by atoms with Crippen LogP contribution < -0.4 is 5.73 Å². The summed E-state index contributed by atoms with van der Waals surface area (Å²) in [5, 5.41) is 3.13. The minimum absolute atomic E-state index is 0.739. The van der Waals surface area contributed by atoms with Crippen LogP contribution in [0.1, 0.15) is 0 Å². The van der Waals surface area contributed by atoms with E-state index in [0.717, 1.165) is 32.4 Å². The second-order valence-electron chi connectivity index (χ2n) is 4.64. The number of anilines is 1. The van der Waals surface area contributed by atoms with Crippen molar-refractivity contribution in [2.24, 2.45) is 0 Å². The number of nitrogens with two attached hydrogens (primary N) is 1. The molecule has 0 atom stereocenters. The van der Waals surface area contributed by atoms with Gasteiger partial charge in [0.1, 0.15) is 0 Å². The van der Waals surface area contributed by atoms with Gasteiger partial charge in [-0.25, -0.2) is 4.98 Å². The number of aromatic nitrogens is 3. The molecule has 2 aromatic carbocycles. The van der Waals surface area contributed by atoms with Crippen molar-refractivity contribution in [1.82, 2.24) is 15.0 Å². The zero-order chi connectivity index (χ0) is 13.5. The summed E-state index contributed by atoms with van der Waals surface area (Å²) in [4.78, 5) is 11.2. The van der Waals surface area contributed by atoms with Crippen molar-refractivity contribution in [3.05, 3.63) is 48.5 Å². The van der Waals surface area contributed by atoms with E-state index < -0.39 is 0 Å². The van der Waals surface area contributed by atoms with Crippen LogP contribution in [0.5, 0.6) is 0 Å². The van der Waals surface area contributed by atoms with Crippen molar-refractivity contribution >= 4 is 39.4 Å². The molecular weight excluding hydrogens is 268 g/mol. The second-order valence-corrected chi connectivity index (χ2v) is 5.67. The SMILES string of the molecule is Nc1ccc2nc(Sc3cc4ccccc4[nH]3)[nH]c2c1. The molecule has 98 valence electrons. The number of nitrogen functional groups attached to an aromatic ring is 1. The zero-order valence-electron chi connectivity index (χ0n) is 10.6. The molecule has 0 aliphatic carbocycles. The number of nitrogens with zero attached hydrogens (tertiary/aromatic N) is 1. The van der Waals surface area contributed by atoms with Crippen molar-refractivity contribution in [2.75, 3.05) is 5.73 Å². The molecule has 0 aliphatic heterocycles. The molecule has 0 spiro atoms. The van der Waals surface area contributed by atoms with E-state index in [-0.39, 0.29) is 0 Å². The number of aromatic amines is 2. The minimum Gasteiger partial charge on any atom is -0.399 e. The lowest BCUT2D eigenvalue weighted by Crippen LogP contribution is -1.82. The van der Waals surface area contributed by atoms with Gasteiger partial charge in [0.25, 0.3) is 0 Å². The molecule has 0 unspecified atom stereocenters. The van der Waals surface area contributed by atoms with E-state index in [9.17, 15) is 0 Å². The molecule has 2 heterocycles. The Labute approximate surface area is 119 Å². The van der Waals surface area contributed by atoms with Gasteiger partial charge in [-0.3, -0.25) is 0 Å². The third kappa shape index (κ3) is 1.92. The predicted octanol–water partition coefficient (Wildman–Crippen LogP) is 3.78. The quantitative estimate of drug-likeness (QED) is 0.489. The minimum atomic E-state index is 0.739. The molecule has 0 fully saturated rings. The highest BCUT2D eigenvalue weighted by molar-refractivity contribution is 7.99. The largest absolute Gasteiger partial charge is 0.399 e. The Hall–Kier alpha value is -2.40. The summed E-state index contributed by atoms with van der Waals surface area (Å²) in [6.45, 7) is 0. The van der Waals surface area contributed by atoms with Gasteiger partial charge in [-0.05, 0) is 42.1 Å². The fraction of sp³-hybridized carbons (Fsp3) is 0. The molecule has 4 nitrogen and oxygen atoms in total. The van der Waals surface area contributed by atoms with E-state index in [1.807, 2.05) is 30.3 Å². The number of fused-ring (bicyclic) bond motifs is 2. The first-order chi connectivity index (χ1) is 9.78. The van der Waals surface area contributed by atoms with E-state index in [2.05, 4.69) is 33.2 Å². The lowest BCUT2D eigenvalue weighted by molar-refractivity contribution is 1.07. The normalized spacial score (nSPS) is 11.4. The summed E-state index contributed by atoms with van der Waals surface area (Å²) in [6.07, 6.45) is 0. The van der Waals surface area contributed by atoms with E-state index in [4.69, 9.17) is 5.73 Å². The number of para-hydroxylation sites is 1. The maximum Gasteiger partial charge on any atom is 0.172 e. The third-order valence-electron chi connectivity index (χ3n) is 3.20. The number of imidazole rings is 1. The summed E-state index contributed by atoms with van der Waals surface area (Å²) < 4.78 is 0. The average Bonchev–Trinajstić information content (AvgIpc) is 3.00. The van der Waals surface area contributed by atoms with Gasteiger partial charge in [0, 0.05) is 16.6 Å². The van der Waals surface area contributed by atoms with Gasteiger partial charge in [0.05, 0.1) is 16.1 Å². The summed E-state index contributed by atoms with van der Waals surface area (Å²) in [7, 11) is 0. The van der Waals surface area contributed by atoms with Gasteiger partial charge in [-0.15, -0.1) is 0 Å². The van der Waals surface area contributed by atoms with Crippen molar-refractivity contribution in [3.63, 3.8) is 0 Å². The van der Waals surface area contributed by atoms with Crippen LogP contribution in [0, 0.1) is 0 Å². The highest BCUT2D eigenvalue weighted by atomic mass is 32.2. The molecule has 0 saturated heterocycles. The number of H-pyrrole nitrogens is 2. The van der Waals surface area contributed by atoms with E-state index in [1.165, 1.54) is 5.39 Å². The Morgan fingerprint density at radius 3 is 2.75 bits per heavy atom. The fourth-order valence-electron chi connectivity index (χ4n) is 2.26. The van der Waals surface area contributed by atoms with Crippen LogP contribution in [0.4, 0.5) is 5.69 Å². The van der Waals surface area contributed by atoms with Crippen LogP contribution in [0.15, 0.2) is 58.7 Å². The maximum atomic E-state index is 5.78. The number of nitrogens with one attached hydrogen (secondary N) is 2. The first kappa shape index (κ1) is 11.4. The highest BCUT2D eigenvalue weighted by Gasteiger charge is 2.07. The Balaban J connectivity index is 1.72. The van der Waals surface area contributed by atoms with Gasteiger partial charge < -0.3 is 15.7 Å². The fourth-order valence-corrected chi connectivity index (χ4v) is 3.12. The monoisotopic (exact) mass is 280 g/mol. The maximum absolute atomic E-state index is 5.78. The summed E-state index contributed by atoms with van der Waals surface area (Å²) in [6, 6.07) is 16.0. The van der Waals surface area contributed by atoms with Gasteiger partial charge in [-0.1, -0.05) is 18.2 Å².